The van der Waals surface area contributed by atoms with E-state index in [0.29, 0.717) is 6.61 Å². The van der Waals surface area contributed by atoms with E-state index in [9.17, 15) is 13.2 Å². The molecule has 2 N–H and O–H groups in total. The summed E-state index contributed by atoms with van der Waals surface area (Å²) in [6.07, 6.45) is 1.49. The summed E-state index contributed by atoms with van der Waals surface area (Å²) in [5.41, 5.74) is 1.90. The Labute approximate surface area is 173 Å². The minimum atomic E-state index is -3.77. The molecule has 0 unspecified atom stereocenters. The van der Waals surface area contributed by atoms with Crippen LogP contribution in [0.25, 0.3) is 6.08 Å². The highest BCUT2D eigenvalue weighted by atomic mass is 32.2. The maximum absolute atomic E-state index is 12.5. The lowest BCUT2D eigenvalue weighted by Crippen LogP contribution is -2.49. The van der Waals surface area contributed by atoms with Crippen LogP contribution in [-0.2, 0) is 14.8 Å². The molecule has 0 spiro atoms. The second-order valence-corrected chi connectivity index (χ2v) is 8.65. The van der Waals surface area contributed by atoms with Gasteiger partial charge >= 0.3 is 0 Å². The molecule has 0 bridgehead atoms. The SMILES string of the molecule is Cc1ccc(OCCNC(=O)[C@@H](NS(=O)(=O)/C=C/c2ccccc2)C(C)C)cc1. The van der Waals surface area contributed by atoms with Crippen LogP contribution in [0.2, 0.25) is 0 Å². The second kappa shape index (κ2) is 10.8. The molecular formula is C22H28N2O4S. The molecule has 0 fully saturated rings. The fraction of sp³-hybridized carbons (Fsp3) is 0.318. The molecule has 0 aliphatic heterocycles. The van der Waals surface area contributed by atoms with Gasteiger partial charge in [0.2, 0.25) is 15.9 Å². The number of carbonyl (C=O) groups excluding carboxylic acids is 1. The fourth-order valence-corrected chi connectivity index (χ4v) is 3.68. The molecule has 0 radical (unpaired) electrons. The van der Waals surface area contributed by atoms with E-state index in [1.165, 1.54) is 6.08 Å². The molecule has 2 aromatic carbocycles. The lowest BCUT2D eigenvalue weighted by molar-refractivity contribution is -0.123. The third-order valence-corrected chi connectivity index (χ3v) is 5.25. The zero-order valence-electron chi connectivity index (χ0n) is 17.0. The van der Waals surface area contributed by atoms with Gasteiger partial charge in [0.15, 0.2) is 0 Å². The molecule has 1 amide bonds. The first kappa shape index (κ1) is 22.6. The molecule has 1 atom stereocenters. The van der Waals surface area contributed by atoms with E-state index in [-0.39, 0.29) is 18.4 Å². The van der Waals surface area contributed by atoms with Crippen LogP contribution in [0.15, 0.2) is 60.0 Å². The fourth-order valence-electron chi connectivity index (χ4n) is 2.53. The van der Waals surface area contributed by atoms with Gasteiger partial charge in [0.05, 0.1) is 6.54 Å². The van der Waals surface area contributed by atoms with Gasteiger partial charge in [0, 0.05) is 5.41 Å². The molecule has 0 heterocycles. The van der Waals surface area contributed by atoms with Gasteiger partial charge in [-0.25, -0.2) is 8.42 Å². The normalized spacial score (nSPS) is 12.8. The van der Waals surface area contributed by atoms with Crippen molar-refractivity contribution < 1.29 is 17.9 Å². The maximum atomic E-state index is 12.5. The first-order valence-corrected chi connectivity index (χ1v) is 11.0. The number of aryl methyl sites for hydroxylation is 1. The Morgan fingerprint density at radius 2 is 1.72 bits per heavy atom. The number of hydrogen-bond acceptors (Lipinski definition) is 4. The van der Waals surface area contributed by atoms with Crippen LogP contribution < -0.4 is 14.8 Å². The molecule has 7 heteroatoms. The van der Waals surface area contributed by atoms with Gasteiger partial charge in [-0.2, -0.15) is 4.72 Å². The summed E-state index contributed by atoms with van der Waals surface area (Å²) in [6.45, 7) is 6.14. The van der Waals surface area contributed by atoms with Crippen LogP contribution in [0.1, 0.15) is 25.0 Å². The number of carbonyl (C=O) groups is 1. The van der Waals surface area contributed by atoms with E-state index in [4.69, 9.17) is 4.74 Å². The average Bonchev–Trinajstić information content (AvgIpc) is 2.70. The van der Waals surface area contributed by atoms with Crippen molar-refractivity contribution in [2.24, 2.45) is 5.92 Å². The topological polar surface area (TPSA) is 84.5 Å². The predicted octanol–water partition coefficient (Wildman–Crippen LogP) is 3.10. The molecule has 0 aliphatic rings. The van der Waals surface area contributed by atoms with Crippen LogP contribution in [-0.4, -0.2) is 33.5 Å². The average molecular weight is 417 g/mol. The number of benzene rings is 2. The summed E-state index contributed by atoms with van der Waals surface area (Å²) in [6, 6.07) is 15.8. The smallest absolute Gasteiger partial charge is 0.238 e. The summed E-state index contributed by atoms with van der Waals surface area (Å²) in [5, 5.41) is 3.80. The van der Waals surface area contributed by atoms with E-state index in [1.807, 2.05) is 49.4 Å². The maximum Gasteiger partial charge on any atom is 0.238 e. The Kier molecular flexibility index (Phi) is 8.42. The highest BCUT2D eigenvalue weighted by Crippen LogP contribution is 2.11. The van der Waals surface area contributed by atoms with Crippen molar-refractivity contribution in [2.75, 3.05) is 13.2 Å². The molecule has 0 saturated carbocycles. The Balaban J connectivity index is 1.87. The van der Waals surface area contributed by atoms with E-state index in [2.05, 4.69) is 10.0 Å². The van der Waals surface area contributed by atoms with Crippen LogP contribution in [0.5, 0.6) is 5.75 Å². The van der Waals surface area contributed by atoms with E-state index in [0.717, 1.165) is 22.3 Å². The number of rotatable bonds is 10. The van der Waals surface area contributed by atoms with Gasteiger partial charge in [-0.1, -0.05) is 61.9 Å². The first-order chi connectivity index (χ1) is 13.8. The van der Waals surface area contributed by atoms with Crippen molar-refractivity contribution in [2.45, 2.75) is 26.8 Å². The molecule has 156 valence electrons. The Hall–Kier alpha value is -2.64. The number of sulfonamides is 1. The third-order valence-electron chi connectivity index (χ3n) is 4.17. The third kappa shape index (κ3) is 8.09. The Morgan fingerprint density at radius 1 is 1.07 bits per heavy atom. The van der Waals surface area contributed by atoms with E-state index < -0.39 is 16.1 Å². The van der Waals surface area contributed by atoms with Crippen LogP contribution >= 0.6 is 0 Å². The summed E-state index contributed by atoms with van der Waals surface area (Å²) in [4.78, 5) is 12.5. The molecule has 0 saturated heterocycles. The molecule has 2 aromatic rings. The van der Waals surface area contributed by atoms with Gasteiger partial charge in [0.25, 0.3) is 0 Å². The van der Waals surface area contributed by atoms with Crippen molar-refractivity contribution in [3.05, 3.63) is 71.1 Å². The van der Waals surface area contributed by atoms with Crippen molar-refractivity contribution >= 4 is 22.0 Å². The number of amides is 1. The van der Waals surface area contributed by atoms with Crippen molar-refractivity contribution in [3.63, 3.8) is 0 Å². The highest BCUT2D eigenvalue weighted by molar-refractivity contribution is 7.92. The minimum Gasteiger partial charge on any atom is -0.492 e. The largest absolute Gasteiger partial charge is 0.492 e. The summed E-state index contributed by atoms with van der Waals surface area (Å²) < 4.78 is 32.8. The van der Waals surface area contributed by atoms with Crippen LogP contribution in [0.3, 0.4) is 0 Å². The van der Waals surface area contributed by atoms with Crippen molar-refractivity contribution in [3.8, 4) is 5.75 Å². The standard InChI is InChI=1S/C22H28N2O4S/c1-17(2)21(24-29(26,27)16-13-19-7-5-4-6-8-19)22(25)23-14-15-28-20-11-9-18(3)10-12-20/h4-13,16-17,21,24H,14-15H2,1-3H3,(H,23,25)/b16-13+/t21-/m0/s1. The van der Waals surface area contributed by atoms with Crippen LogP contribution in [0, 0.1) is 12.8 Å². The van der Waals surface area contributed by atoms with Gasteiger partial charge in [0.1, 0.15) is 18.4 Å². The van der Waals surface area contributed by atoms with Crippen molar-refractivity contribution in [1.29, 1.82) is 0 Å². The Bertz CT molecular complexity index is 908. The van der Waals surface area contributed by atoms with E-state index >= 15 is 0 Å². The minimum absolute atomic E-state index is 0.215. The first-order valence-electron chi connectivity index (χ1n) is 9.49. The molecule has 6 nitrogen and oxygen atoms in total. The van der Waals surface area contributed by atoms with E-state index in [1.54, 1.807) is 26.0 Å². The van der Waals surface area contributed by atoms with Gasteiger partial charge in [-0.3, -0.25) is 4.79 Å². The molecule has 29 heavy (non-hydrogen) atoms. The quantitative estimate of drug-likeness (QED) is 0.583. The molecule has 0 aromatic heterocycles. The molecule has 0 aliphatic carbocycles. The molecular weight excluding hydrogens is 388 g/mol. The molecule has 2 rings (SSSR count). The number of nitrogens with one attached hydrogen (secondary N) is 2. The Morgan fingerprint density at radius 3 is 2.34 bits per heavy atom. The van der Waals surface area contributed by atoms with Crippen LogP contribution in [0.4, 0.5) is 0 Å². The lowest BCUT2D eigenvalue weighted by atomic mass is 10.1. The predicted molar refractivity (Wildman–Crippen MR) is 116 cm³/mol. The summed E-state index contributed by atoms with van der Waals surface area (Å²) in [7, 11) is -3.77. The van der Waals surface area contributed by atoms with Gasteiger partial charge in [-0.15, -0.1) is 0 Å². The van der Waals surface area contributed by atoms with Gasteiger partial charge in [-0.05, 0) is 36.6 Å². The second-order valence-electron chi connectivity index (χ2n) is 7.05. The van der Waals surface area contributed by atoms with Crippen molar-refractivity contribution in [1.82, 2.24) is 10.0 Å². The summed E-state index contributed by atoms with van der Waals surface area (Å²) in [5.74, 6) is 0.120. The highest BCUT2D eigenvalue weighted by Gasteiger charge is 2.25. The summed E-state index contributed by atoms with van der Waals surface area (Å²) >= 11 is 0. The van der Waals surface area contributed by atoms with Gasteiger partial charge < -0.3 is 10.1 Å². The zero-order chi connectivity index (χ0) is 21.3. The zero-order valence-corrected chi connectivity index (χ0v) is 17.8. The lowest BCUT2D eigenvalue weighted by Gasteiger charge is -2.20. The number of hydrogen-bond donors (Lipinski definition) is 2. The number of ether oxygens (including phenoxy) is 1. The monoisotopic (exact) mass is 416 g/mol.